The number of hydrogen-bond acceptors (Lipinski definition) is 3. The molecule has 0 heterocycles. The van der Waals surface area contributed by atoms with E-state index in [0.717, 1.165) is 5.73 Å². The van der Waals surface area contributed by atoms with Crippen LogP contribution in [0.3, 0.4) is 0 Å². The van der Waals surface area contributed by atoms with Crippen LogP contribution in [0.5, 0.6) is 0 Å². The Balaban J connectivity index is 2.89. The lowest BCUT2D eigenvalue weighted by molar-refractivity contribution is 0.0566. The van der Waals surface area contributed by atoms with Crippen LogP contribution in [0.4, 0.5) is 0 Å². The zero-order valence-electron chi connectivity index (χ0n) is 11.7. The van der Waals surface area contributed by atoms with Crippen molar-refractivity contribution in [2.75, 3.05) is 0 Å². The van der Waals surface area contributed by atoms with Crippen molar-refractivity contribution in [2.24, 2.45) is 0 Å². The first-order valence-electron chi connectivity index (χ1n) is 6.17. The van der Waals surface area contributed by atoms with Crippen molar-refractivity contribution in [1.29, 1.82) is 0 Å². The lowest BCUT2D eigenvalue weighted by Gasteiger charge is -2.26. The number of ether oxygens (including phenoxy) is 1. The minimum Gasteiger partial charge on any atom is -0.478 e. The maximum absolute atomic E-state index is 12.0. The first kappa shape index (κ1) is 15.4. The van der Waals surface area contributed by atoms with E-state index in [-0.39, 0.29) is 11.1 Å². The van der Waals surface area contributed by atoms with E-state index in [1.54, 1.807) is 12.1 Å². The molecule has 5 heteroatoms. The highest BCUT2D eigenvalue weighted by Crippen LogP contribution is 2.24. The van der Waals surface area contributed by atoms with Crippen LogP contribution in [-0.2, 0) is 4.74 Å². The zero-order chi connectivity index (χ0) is 14.6. The van der Waals surface area contributed by atoms with Gasteiger partial charge in [-0.15, -0.1) is 0 Å². The molecule has 1 aromatic carbocycles. The predicted molar refractivity (Wildman–Crippen MR) is 75.7 cm³/mol. The lowest BCUT2D eigenvalue weighted by Crippen LogP contribution is -2.34. The molecule has 0 saturated heterocycles. The number of esters is 1. The van der Waals surface area contributed by atoms with Crippen molar-refractivity contribution < 1.29 is 19.4 Å². The van der Waals surface area contributed by atoms with Crippen LogP contribution in [-0.4, -0.2) is 25.1 Å². The second-order valence-electron chi connectivity index (χ2n) is 5.30. The van der Waals surface area contributed by atoms with E-state index in [1.807, 2.05) is 6.92 Å². The van der Waals surface area contributed by atoms with E-state index >= 15 is 0 Å². The maximum Gasteiger partial charge on any atom is 0.338 e. The molecule has 0 aliphatic heterocycles. The summed E-state index contributed by atoms with van der Waals surface area (Å²) in [5.41, 5.74) is 1.17. The molecule has 103 valence electrons. The van der Waals surface area contributed by atoms with Gasteiger partial charge in [0.1, 0.15) is 13.8 Å². The average Bonchev–Trinajstić information content (AvgIpc) is 2.34. The van der Waals surface area contributed by atoms with Gasteiger partial charge >= 0.3 is 11.9 Å². The molecule has 1 aromatic rings. The van der Waals surface area contributed by atoms with Crippen molar-refractivity contribution >= 4 is 20.0 Å². The third-order valence-corrected chi connectivity index (χ3v) is 4.85. The summed E-state index contributed by atoms with van der Waals surface area (Å²) >= 11 is 0. The smallest absolute Gasteiger partial charge is 0.338 e. The summed E-state index contributed by atoms with van der Waals surface area (Å²) in [6.45, 7) is 8.26. The molecule has 0 fully saturated rings. The molecular formula is C14H19O4Si. The Morgan fingerprint density at radius 3 is 2.26 bits per heavy atom. The van der Waals surface area contributed by atoms with Crippen LogP contribution in [0.1, 0.15) is 34.1 Å². The molecule has 19 heavy (non-hydrogen) atoms. The normalized spacial score (nSPS) is 11.4. The molecule has 0 bridgehead atoms. The first-order chi connectivity index (χ1) is 8.75. The van der Waals surface area contributed by atoms with Gasteiger partial charge in [-0.3, -0.25) is 0 Å². The van der Waals surface area contributed by atoms with E-state index in [2.05, 4.69) is 19.6 Å². The van der Waals surface area contributed by atoms with Gasteiger partial charge in [0.25, 0.3) is 0 Å². The largest absolute Gasteiger partial charge is 0.478 e. The Hall–Kier alpha value is -1.62. The van der Waals surface area contributed by atoms with Gasteiger partial charge in [0.15, 0.2) is 0 Å². The van der Waals surface area contributed by atoms with Gasteiger partial charge in [-0.05, 0) is 24.6 Å². The third-order valence-electron chi connectivity index (χ3n) is 2.72. The highest BCUT2D eigenvalue weighted by atomic mass is 28.3. The SMILES string of the molecule is CC[C](OC(=O)c1cccc(C(=O)O)c1)[Si](C)(C)C. The van der Waals surface area contributed by atoms with Gasteiger partial charge < -0.3 is 9.84 Å². The van der Waals surface area contributed by atoms with E-state index in [1.165, 1.54) is 12.1 Å². The summed E-state index contributed by atoms with van der Waals surface area (Å²) in [5, 5.41) is 8.90. The fourth-order valence-corrected chi connectivity index (χ4v) is 3.17. The Kier molecular flexibility index (Phi) is 4.88. The summed E-state index contributed by atoms with van der Waals surface area (Å²) in [6, 6.07) is 5.89. The molecule has 0 aliphatic carbocycles. The van der Waals surface area contributed by atoms with Crippen LogP contribution in [0.2, 0.25) is 19.6 Å². The number of aromatic carboxylic acids is 1. The van der Waals surface area contributed by atoms with Crippen molar-refractivity contribution in [2.45, 2.75) is 33.0 Å². The summed E-state index contributed by atoms with van der Waals surface area (Å²) in [7, 11) is -1.66. The molecule has 0 atom stereocenters. The molecule has 0 saturated carbocycles. The molecule has 1 N–H and O–H groups in total. The molecule has 1 rings (SSSR count). The Morgan fingerprint density at radius 1 is 1.21 bits per heavy atom. The average molecular weight is 279 g/mol. The quantitative estimate of drug-likeness (QED) is 0.663. The number of rotatable bonds is 5. The van der Waals surface area contributed by atoms with E-state index in [0.29, 0.717) is 6.42 Å². The Morgan fingerprint density at radius 2 is 1.79 bits per heavy atom. The number of carboxylic acid groups (broad SMARTS) is 1. The number of carboxylic acids is 1. The number of carbonyl (C=O) groups is 2. The van der Waals surface area contributed by atoms with Gasteiger partial charge in [-0.1, -0.05) is 32.6 Å². The van der Waals surface area contributed by atoms with Gasteiger partial charge in [0.2, 0.25) is 0 Å². The molecule has 0 aromatic heterocycles. The molecule has 0 unspecified atom stereocenters. The van der Waals surface area contributed by atoms with Crippen molar-refractivity contribution in [3.63, 3.8) is 0 Å². The molecule has 1 radical (unpaired) electrons. The summed E-state index contributed by atoms with van der Waals surface area (Å²) in [5.74, 6) is -1.54. The molecule has 0 amide bonds. The van der Waals surface area contributed by atoms with E-state index in [9.17, 15) is 9.59 Å². The Labute approximate surface area is 114 Å². The van der Waals surface area contributed by atoms with Crippen LogP contribution in [0, 0.1) is 5.73 Å². The van der Waals surface area contributed by atoms with Crippen molar-refractivity contribution in [3.8, 4) is 0 Å². The lowest BCUT2D eigenvalue weighted by atomic mass is 10.1. The summed E-state index contributed by atoms with van der Waals surface area (Å²) in [6.07, 6.45) is 0.695. The standard InChI is InChI=1S/C14H19O4Si/c1-5-12(19(2,3)4)18-14(17)11-8-6-7-10(9-11)13(15)16/h6-9H,5H2,1-4H3,(H,15,16). The monoisotopic (exact) mass is 279 g/mol. The van der Waals surface area contributed by atoms with Crippen molar-refractivity contribution in [3.05, 3.63) is 41.1 Å². The van der Waals surface area contributed by atoms with Crippen molar-refractivity contribution in [1.82, 2.24) is 0 Å². The second kappa shape index (κ2) is 6.01. The molecular weight excluding hydrogens is 260 g/mol. The molecule has 4 nitrogen and oxygen atoms in total. The van der Waals surface area contributed by atoms with Gasteiger partial charge in [0, 0.05) is 0 Å². The van der Waals surface area contributed by atoms with Gasteiger partial charge in [0.05, 0.1) is 11.1 Å². The minimum absolute atomic E-state index is 0.0838. The first-order valence-corrected chi connectivity index (χ1v) is 9.67. The maximum atomic E-state index is 12.0. The fraction of sp³-hybridized carbons (Fsp3) is 0.357. The van der Waals surface area contributed by atoms with E-state index in [4.69, 9.17) is 9.84 Å². The second-order valence-corrected chi connectivity index (χ2v) is 10.4. The van der Waals surface area contributed by atoms with Crippen LogP contribution in [0.25, 0.3) is 0 Å². The predicted octanol–water partition coefficient (Wildman–Crippen LogP) is 3.36. The van der Waals surface area contributed by atoms with E-state index < -0.39 is 20.0 Å². The topological polar surface area (TPSA) is 63.6 Å². The fourth-order valence-electron chi connectivity index (χ4n) is 1.71. The van der Waals surface area contributed by atoms with Crippen LogP contribution < -0.4 is 0 Å². The van der Waals surface area contributed by atoms with Gasteiger partial charge in [-0.2, -0.15) is 0 Å². The Bertz CT molecular complexity index is 477. The number of benzene rings is 1. The van der Waals surface area contributed by atoms with Crippen LogP contribution in [0.15, 0.2) is 24.3 Å². The number of hydrogen-bond donors (Lipinski definition) is 1. The highest BCUT2D eigenvalue weighted by molar-refractivity contribution is 6.81. The summed E-state index contributed by atoms with van der Waals surface area (Å²) in [4.78, 5) is 22.9. The molecule has 0 spiro atoms. The third kappa shape index (κ3) is 4.20. The summed E-state index contributed by atoms with van der Waals surface area (Å²) < 4.78 is 5.43. The number of carbonyl (C=O) groups excluding carboxylic acids is 1. The highest BCUT2D eigenvalue weighted by Gasteiger charge is 2.30. The van der Waals surface area contributed by atoms with Crippen LogP contribution >= 0.6 is 0 Å². The zero-order valence-corrected chi connectivity index (χ0v) is 12.7. The minimum atomic E-state index is -1.66. The van der Waals surface area contributed by atoms with Gasteiger partial charge in [-0.25, -0.2) is 9.59 Å². The molecule has 0 aliphatic rings.